The molecule has 1 aromatic carbocycles. The van der Waals surface area contributed by atoms with Gasteiger partial charge in [0.2, 0.25) is 5.91 Å². The molecule has 1 rings (SSSR count). The Morgan fingerprint density at radius 2 is 1.80 bits per heavy atom. The van der Waals surface area contributed by atoms with Crippen LogP contribution in [0, 0.1) is 20.8 Å². The van der Waals surface area contributed by atoms with Gasteiger partial charge in [0.25, 0.3) is 0 Å². The molecule has 3 nitrogen and oxygen atoms in total. The Kier molecular flexibility index (Phi) is 5.33. The number of hydrogen-bond donors (Lipinski definition) is 2. The Labute approximate surface area is 96.5 Å². The Morgan fingerprint density at radius 3 is 2.33 bits per heavy atom. The second kappa shape index (κ2) is 5.73. The molecule has 3 N–H and O–H groups in total. The van der Waals surface area contributed by atoms with Gasteiger partial charge in [-0.15, -0.1) is 12.4 Å². The van der Waals surface area contributed by atoms with Gasteiger partial charge in [0.15, 0.2) is 0 Å². The first kappa shape index (κ1) is 13.9. The topological polar surface area (TPSA) is 55.1 Å². The van der Waals surface area contributed by atoms with Crippen LogP contribution in [0.15, 0.2) is 12.1 Å². The number of halogens is 1. The third-order valence-corrected chi connectivity index (χ3v) is 2.39. The van der Waals surface area contributed by atoms with Gasteiger partial charge in [0.05, 0.1) is 6.54 Å². The predicted octanol–water partition coefficient (Wildman–Crippen LogP) is 1.93. The summed E-state index contributed by atoms with van der Waals surface area (Å²) in [6, 6.07) is 4.04. The van der Waals surface area contributed by atoms with Gasteiger partial charge in [-0.05, 0) is 37.5 Å². The van der Waals surface area contributed by atoms with Crippen LogP contribution >= 0.6 is 12.4 Å². The van der Waals surface area contributed by atoms with Crippen LogP contribution in [0.1, 0.15) is 16.7 Å². The lowest BCUT2D eigenvalue weighted by molar-refractivity contribution is -0.114. The number of carbonyl (C=O) groups excluding carboxylic acids is 1. The van der Waals surface area contributed by atoms with Gasteiger partial charge >= 0.3 is 0 Å². The summed E-state index contributed by atoms with van der Waals surface area (Å²) in [4.78, 5) is 11.2. The molecule has 0 heterocycles. The van der Waals surface area contributed by atoms with E-state index in [-0.39, 0.29) is 24.9 Å². The molecule has 0 atom stereocenters. The third-order valence-electron chi connectivity index (χ3n) is 2.39. The van der Waals surface area contributed by atoms with Crippen LogP contribution in [-0.4, -0.2) is 12.5 Å². The zero-order valence-electron chi connectivity index (χ0n) is 9.26. The third kappa shape index (κ3) is 3.22. The molecular formula is C11H17ClN2O. The second-order valence-electron chi connectivity index (χ2n) is 3.45. The SMILES string of the molecule is Cc1ccc(C)c(NC(=O)CN)c1C.Cl. The molecule has 0 bridgehead atoms. The van der Waals surface area contributed by atoms with Crippen LogP contribution in [0.25, 0.3) is 0 Å². The summed E-state index contributed by atoms with van der Waals surface area (Å²) in [7, 11) is 0. The average Bonchev–Trinajstić information content (AvgIpc) is 2.18. The lowest BCUT2D eigenvalue weighted by Crippen LogP contribution is -2.22. The van der Waals surface area contributed by atoms with Crippen molar-refractivity contribution in [2.24, 2.45) is 5.73 Å². The van der Waals surface area contributed by atoms with Gasteiger partial charge in [0, 0.05) is 5.69 Å². The maximum Gasteiger partial charge on any atom is 0.238 e. The monoisotopic (exact) mass is 228 g/mol. The van der Waals surface area contributed by atoms with Gasteiger partial charge in [-0.2, -0.15) is 0 Å². The highest BCUT2D eigenvalue weighted by molar-refractivity contribution is 5.93. The highest BCUT2D eigenvalue weighted by atomic mass is 35.5. The summed E-state index contributed by atoms with van der Waals surface area (Å²) in [5.74, 6) is -0.151. The molecule has 15 heavy (non-hydrogen) atoms. The van der Waals surface area contributed by atoms with E-state index in [1.54, 1.807) is 0 Å². The molecule has 4 heteroatoms. The van der Waals surface area contributed by atoms with Crippen molar-refractivity contribution in [3.63, 3.8) is 0 Å². The van der Waals surface area contributed by atoms with E-state index < -0.39 is 0 Å². The fourth-order valence-electron chi connectivity index (χ4n) is 1.33. The van der Waals surface area contributed by atoms with Crippen LogP contribution < -0.4 is 11.1 Å². The molecule has 0 spiro atoms. The molecule has 1 aromatic rings. The zero-order valence-corrected chi connectivity index (χ0v) is 10.1. The van der Waals surface area contributed by atoms with Crippen molar-refractivity contribution in [2.45, 2.75) is 20.8 Å². The summed E-state index contributed by atoms with van der Waals surface area (Å²) >= 11 is 0. The minimum absolute atomic E-state index is 0. The van der Waals surface area contributed by atoms with Crippen LogP contribution in [0.2, 0.25) is 0 Å². The molecule has 0 aliphatic heterocycles. The standard InChI is InChI=1S/C11H16N2O.ClH/c1-7-4-5-8(2)11(9(7)3)13-10(14)6-12;/h4-5H,6,12H2,1-3H3,(H,13,14);1H. The quantitative estimate of drug-likeness (QED) is 0.813. The van der Waals surface area contributed by atoms with E-state index in [0.717, 1.165) is 16.8 Å². The maximum absolute atomic E-state index is 11.2. The molecule has 0 fully saturated rings. The van der Waals surface area contributed by atoms with E-state index >= 15 is 0 Å². The molecule has 0 unspecified atom stereocenters. The van der Waals surface area contributed by atoms with Crippen LogP contribution in [0.3, 0.4) is 0 Å². The number of amides is 1. The Hall–Kier alpha value is -1.06. The number of nitrogens with two attached hydrogens (primary N) is 1. The molecule has 0 saturated carbocycles. The van der Waals surface area contributed by atoms with E-state index in [0.29, 0.717) is 0 Å². The zero-order chi connectivity index (χ0) is 10.7. The van der Waals surface area contributed by atoms with E-state index in [1.807, 2.05) is 32.9 Å². The van der Waals surface area contributed by atoms with Crippen molar-refractivity contribution in [1.29, 1.82) is 0 Å². The number of nitrogens with one attached hydrogen (secondary N) is 1. The fourth-order valence-corrected chi connectivity index (χ4v) is 1.33. The number of hydrogen-bond acceptors (Lipinski definition) is 2. The second-order valence-corrected chi connectivity index (χ2v) is 3.45. The van der Waals surface area contributed by atoms with Crippen LogP contribution in [-0.2, 0) is 4.79 Å². The van der Waals surface area contributed by atoms with Gasteiger partial charge in [0.1, 0.15) is 0 Å². The van der Waals surface area contributed by atoms with Crippen molar-refractivity contribution < 1.29 is 4.79 Å². The van der Waals surface area contributed by atoms with Crippen molar-refractivity contribution in [3.05, 3.63) is 28.8 Å². The first-order valence-electron chi connectivity index (χ1n) is 4.63. The summed E-state index contributed by atoms with van der Waals surface area (Å²) in [5.41, 5.74) is 9.47. The first-order valence-corrected chi connectivity index (χ1v) is 4.63. The number of aryl methyl sites for hydroxylation is 2. The average molecular weight is 229 g/mol. The maximum atomic E-state index is 11.2. The molecule has 0 aliphatic rings. The normalized spacial score (nSPS) is 9.33. The van der Waals surface area contributed by atoms with Gasteiger partial charge in [-0.25, -0.2) is 0 Å². The van der Waals surface area contributed by atoms with Crippen molar-refractivity contribution in [1.82, 2.24) is 0 Å². The van der Waals surface area contributed by atoms with Crippen LogP contribution in [0.5, 0.6) is 0 Å². The molecule has 0 aromatic heterocycles. The number of carbonyl (C=O) groups is 1. The Morgan fingerprint density at radius 1 is 1.27 bits per heavy atom. The lowest BCUT2D eigenvalue weighted by Gasteiger charge is -2.12. The molecule has 0 radical (unpaired) electrons. The summed E-state index contributed by atoms with van der Waals surface area (Å²) in [6.07, 6.45) is 0. The van der Waals surface area contributed by atoms with E-state index in [4.69, 9.17) is 5.73 Å². The summed E-state index contributed by atoms with van der Waals surface area (Å²) in [6.45, 7) is 6.01. The van der Waals surface area contributed by atoms with E-state index in [1.165, 1.54) is 5.56 Å². The van der Waals surface area contributed by atoms with Gasteiger partial charge in [-0.3, -0.25) is 4.79 Å². The van der Waals surface area contributed by atoms with Gasteiger partial charge in [-0.1, -0.05) is 12.1 Å². The smallest absolute Gasteiger partial charge is 0.238 e. The van der Waals surface area contributed by atoms with E-state index in [2.05, 4.69) is 5.32 Å². The van der Waals surface area contributed by atoms with Crippen molar-refractivity contribution in [3.8, 4) is 0 Å². The molecule has 84 valence electrons. The summed E-state index contributed by atoms with van der Waals surface area (Å²) < 4.78 is 0. The molecular weight excluding hydrogens is 212 g/mol. The number of benzene rings is 1. The van der Waals surface area contributed by atoms with Gasteiger partial charge < -0.3 is 11.1 Å². The molecule has 0 aliphatic carbocycles. The highest BCUT2D eigenvalue weighted by Gasteiger charge is 2.07. The number of anilines is 1. The predicted molar refractivity (Wildman–Crippen MR) is 65.6 cm³/mol. The largest absolute Gasteiger partial charge is 0.324 e. The van der Waals surface area contributed by atoms with Crippen molar-refractivity contribution in [2.75, 3.05) is 11.9 Å². The Bertz CT molecular complexity index is 364. The van der Waals surface area contributed by atoms with E-state index in [9.17, 15) is 4.79 Å². The highest BCUT2D eigenvalue weighted by Crippen LogP contribution is 2.22. The Balaban J connectivity index is 0.00000196. The lowest BCUT2D eigenvalue weighted by atomic mass is 10.0. The number of rotatable bonds is 2. The van der Waals surface area contributed by atoms with Crippen LogP contribution in [0.4, 0.5) is 5.69 Å². The van der Waals surface area contributed by atoms with Crippen molar-refractivity contribution >= 4 is 24.0 Å². The minimum Gasteiger partial charge on any atom is -0.324 e. The first-order chi connectivity index (χ1) is 6.56. The minimum atomic E-state index is -0.151. The molecule has 1 amide bonds. The summed E-state index contributed by atoms with van der Waals surface area (Å²) in [5, 5.41) is 2.81. The fraction of sp³-hybridized carbons (Fsp3) is 0.364. The molecule has 0 saturated heterocycles.